The number of nitrogens with one attached hydrogen (secondary N) is 1. The Kier molecular flexibility index (Phi) is 3.31. The lowest BCUT2D eigenvalue weighted by atomic mass is 9.92. The minimum atomic E-state index is 0.414. The molecule has 3 rings (SSSR count). The van der Waals surface area contributed by atoms with Crippen LogP contribution in [0.25, 0.3) is 10.9 Å². The zero-order chi connectivity index (χ0) is 13.4. The molecule has 19 heavy (non-hydrogen) atoms. The molecule has 3 nitrogen and oxygen atoms in total. The van der Waals surface area contributed by atoms with Crippen molar-refractivity contribution >= 4 is 10.9 Å². The van der Waals surface area contributed by atoms with Crippen LogP contribution >= 0.6 is 0 Å². The van der Waals surface area contributed by atoms with E-state index in [1.165, 1.54) is 29.3 Å². The number of hydrogen-bond acceptors (Lipinski definition) is 2. The van der Waals surface area contributed by atoms with Gasteiger partial charge in [-0.05, 0) is 56.8 Å². The molecule has 1 saturated heterocycles. The van der Waals surface area contributed by atoms with Crippen LogP contribution in [0.5, 0.6) is 0 Å². The van der Waals surface area contributed by atoms with Crippen molar-refractivity contribution in [3.05, 3.63) is 30.0 Å². The minimum Gasteiger partial charge on any atom is -0.310 e. The van der Waals surface area contributed by atoms with E-state index < -0.39 is 0 Å². The molecule has 0 aliphatic carbocycles. The van der Waals surface area contributed by atoms with Gasteiger partial charge in [-0.2, -0.15) is 5.10 Å². The summed E-state index contributed by atoms with van der Waals surface area (Å²) in [6.45, 7) is 7.79. The highest BCUT2D eigenvalue weighted by molar-refractivity contribution is 5.79. The van der Waals surface area contributed by atoms with Crippen LogP contribution in [0.15, 0.2) is 24.4 Å². The smallest absolute Gasteiger partial charge is 0.0685 e. The summed E-state index contributed by atoms with van der Waals surface area (Å²) in [5, 5.41) is 9.40. The van der Waals surface area contributed by atoms with Crippen LogP contribution in [0.2, 0.25) is 0 Å². The van der Waals surface area contributed by atoms with Crippen LogP contribution in [0, 0.1) is 5.92 Å². The Morgan fingerprint density at radius 1 is 1.32 bits per heavy atom. The molecule has 1 N–H and O–H groups in total. The van der Waals surface area contributed by atoms with Crippen molar-refractivity contribution in [3.8, 4) is 0 Å². The Bertz CT molecular complexity index is 562. The van der Waals surface area contributed by atoms with Gasteiger partial charge >= 0.3 is 0 Å². The molecule has 0 saturated carbocycles. The molecule has 2 unspecified atom stereocenters. The molecule has 1 aromatic heterocycles. The molecule has 1 fully saturated rings. The maximum absolute atomic E-state index is 4.49. The molecular formula is C16H23N3. The first-order valence-corrected chi connectivity index (χ1v) is 7.35. The average molecular weight is 257 g/mol. The first kappa shape index (κ1) is 12.7. The molecule has 3 heteroatoms. The van der Waals surface area contributed by atoms with E-state index in [1.54, 1.807) is 0 Å². The predicted molar refractivity (Wildman–Crippen MR) is 79.3 cm³/mol. The number of piperidine rings is 1. The molecular weight excluding hydrogens is 234 g/mol. The Morgan fingerprint density at radius 3 is 2.84 bits per heavy atom. The van der Waals surface area contributed by atoms with Gasteiger partial charge in [0, 0.05) is 17.5 Å². The Hall–Kier alpha value is -1.35. The normalized spacial score (nSPS) is 24.2. The largest absolute Gasteiger partial charge is 0.310 e. The summed E-state index contributed by atoms with van der Waals surface area (Å²) < 4.78 is 2.09. The first-order valence-electron chi connectivity index (χ1n) is 7.35. The SMILES string of the molecule is CC1CCC(c2ccc3c(cnn3C(C)C)c2)NC1. The van der Waals surface area contributed by atoms with E-state index in [9.17, 15) is 0 Å². The van der Waals surface area contributed by atoms with Gasteiger partial charge in [0.2, 0.25) is 0 Å². The third-order valence-electron chi connectivity index (χ3n) is 4.17. The van der Waals surface area contributed by atoms with Crippen molar-refractivity contribution in [2.75, 3.05) is 6.54 Å². The van der Waals surface area contributed by atoms with Crippen molar-refractivity contribution in [2.24, 2.45) is 5.92 Å². The van der Waals surface area contributed by atoms with Gasteiger partial charge in [0.1, 0.15) is 0 Å². The maximum atomic E-state index is 4.49. The topological polar surface area (TPSA) is 29.9 Å². The minimum absolute atomic E-state index is 0.414. The molecule has 1 aliphatic heterocycles. The zero-order valence-corrected chi connectivity index (χ0v) is 12.1. The van der Waals surface area contributed by atoms with E-state index in [0.717, 1.165) is 12.5 Å². The monoisotopic (exact) mass is 257 g/mol. The molecule has 2 heterocycles. The maximum Gasteiger partial charge on any atom is 0.0685 e. The van der Waals surface area contributed by atoms with Gasteiger partial charge in [0.25, 0.3) is 0 Å². The number of benzene rings is 1. The van der Waals surface area contributed by atoms with Crippen LogP contribution < -0.4 is 5.32 Å². The molecule has 0 bridgehead atoms. The molecule has 1 aliphatic rings. The zero-order valence-electron chi connectivity index (χ0n) is 12.1. The number of aromatic nitrogens is 2. The van der Waals surface area contributed by atoms with Crippen LogP contribution in [0.4, 0.5) is 0 Å². The lowest BCUT2D eigenvalue weighted by Crippen LogP contribution is -2.31. The molecule has 102 valence electrons. The lowest BCUT2D eigenvalue weighted by molar-refractivity contribution is 0.333. The van der Waals surface area contributed by atoms with Crippen LogP contribution in [0.1, 0.15) is 51.3 Å². The van der Waals surface area contributed by atoms with E-state index in [1.807, 2.05) is 6.20 Å². The van der Waals surface area contributed by atoms with Crippen LogP contribution in [0.3, 0.4) is 0 Å². The summed E-state index contributed by atoms with van der Waals surface area (Å²) in [7, 11) is 0. The third-order valence-corrected chi connectivity index (χ3v) is 4.17. The van der Waals surface area contributed by atoms with Gasteiger partial charge in [-0.3, -0.25) is 4.68 Å². The van der Waals surface area contributed by atoms with E-state index in [4.69, 9.17) is 0 Å². The van der Waals surface area contributed by atoms with Gasteiger partial charge in [0.05, 0.1) is 11.7 Å². The summed E-state index contributed by atoms with van der Waals surface area (Å²) in [4.78, 5) is 0. The van der Waals surface area contributed by atoms with Crippen molar-refractivity contribution in [2.45, 2.75) is 45.7 Å². The summed E-state index contributed by atoms with van der Waals surface area (Å²) in [6.07, 6.45) is 4.55. The Balaban J connectivity index is 1.90. The summed E-state index contributed by atoms with van der Waals surface area (Å²) in [5.41, 5.74) is 2.64. The second kappa shape index (κ2) is 4.97. The van der Waals surface area contributed by atoms with Gasteiger partial charge in [-0.1, -0.05) is 13.0 Å². The molecule has 0 spiro atoms. The fourth-order valence-electron chi connectivity index (χ4n) is 2.98. The van der Waals surface area contributed by atoms with Crippen molar-refractivity contribution in [1.29, 1.82) is 0 Å². The molecule has 2 atom stereocenters. The molecule has 2 aromatic rings. The average Bonchev–Trinajstić information content (AvgIpc) is 2.82. The van der Waals surface area contributed by atoms with Crippen molar-refractivity contribution < 1.29 is 0 Å². The number of fused-ring (bicyclic) bond motifs is 1. The standard InChI is InChI=1S/C16H23N3/c1-11(2)19-16-7-5-13(8-14(16)10-18-19)15-6-4-12(3)9-17-15/h5,7-8,10-12,15,17H,4,6,9H2,1-3H3. The Labute approximate surface area is 115 Å². The van der Waals surface area contributed by atoms with Gasteiger partial charge in [-0.15, -0.1) is 0 Å². The lowest BCUT2D eigenvalue weighted by Gasteiger charge is -2.28. The van der Waals surface area contributed by atoms with Crippen LogP contribution in [-0.2, 0) is 0 Å². The van der Waals surface area contributed by atoms with E-state index >= 15 is 0 Å². The van der Waals surface area contributed by atoms with Gasteiger partial charge < -0.3 is 5.32 Å². The second-order valence-corrected chi connectivity index (χ2v) is 6.14. The number of hydrogen-bond donors (Lipinski definition) is 1. The number of rotatable bonds is 2. The quantitative estimate of drug-likeness (QED) is 0.889. The predicted octanol–water partition coefficient (Wildman–Crippen LogP) is 3.68. The fourth-order valence-corrected chi connectivity index (χ4v) is 2.98. The summed E-state index contributed by atoms with van der Waals surface area (Å²) >= 11 is 0. The molecule has 1 aromatic carbocycles. The van der Waals surface area contributed by atoms with E-state index in [-0.39, 0.29) is 0 Å². The Morgan fingerprint density at radius 2 is 2.16 bits per heavy atom. The second-order valence-electron chi connectivity index (χ2n) is 6.14. The highest BCUT2D eigenvalue weighted by atomic mass is 15.3. The van der Waals surface area contributed by atoms with E-state index in [2.05, 4.69) is 54.1 Å². The van der Waals surface area contributed by atoms with E-state index in [0.29, 0.717) is 12.1 Å². The first-order chi connectivity index (χ1) is 9.15. The summed E-state index contributed by atoms with van der Waals surface area (Å²) in [5.74, 6) is 0.809. The number of nitrogens with zero attached hydrogens (tertiary/aromatic N) is 2. The highest BCUT2D eigenvalue weighted by Crippen LogP contribution is 2.28. The van der Waals surface area contributed by atoms with Crippen molar-refractivity contribution in [3.63, 3.8) is 0 Å². The third kappa shape index (κ3) is 2.39. The molecule has 0 radical (unpaired) electrons. The van der Waals surface area contributed by atoms with Crippen LogP contribution in [-0.4, -0.2) is 16.3 Å². The fraction of sp³-hybridized carbons (Fsp3) is 0.562. The highest BCUT2D eigenvalue weighted by Gasteiger charge is 2.19. The summed E-state index contributed by atoms with van der Waals surface area (Å²) in [6, 6.07) is 7.71. The van der Waals surface area contributed by atoms with Crippen molar-refractivity contribution in [1.82, 2.24) is 15.1 Å². The van der Waals surface area contributed by atoms with Gasteiger partial charge in [-0.25, -0.2) is 0 Å². The van der Waals surface area contributed by atoms with Gasteiger partial charge in [0.15, 0.2) is 0 Å². The molecule has 0 amide bonds.